The first-order valence-electron chi connectivity index (χ1n) is 9.80. The van der Waals surface area contributed by atoms with Crippen LogP contribution in [0.4, 0.5) is 5.95 Å². The standard InChI is InChI=1S/C20H24N6O2/c27-18(23-15-5-1-2-6-15)16-7-3-8-17(24-16)19(28)25-11-13-26(14-12-25)20-21-9-4-10-22-20/h3-4,7-10,15H,1-2,5-6,11-14H2,(H,23,27). The van der Waals surface area contributed by atoms with Gasteiger partial charge in [0.15, 0.2) is 0 Å². The smallest absolute Gasteiger partial charge is 0.272 e. The zero-order chi connectivity index (χ0) is 19.3. The molecular weight excluding hydrogens is 356 g/mol. The van der Waals surface area contributed by atoms with Crippen LogP contribution >= 0.6 is 0 Å². The maximum atomic E-state index is 12.8. The Kier molecular flexibility index (Phi) is 5.45. The predicted molar refractivity (Wildman–Crippen MR) is 104 cm³/mol. The van der Waals surface area contributed by atoms with Crippen LogP contribution in [0.1, 0.15) is 46.7 Å². The molecule has 2 fully saturated rings. The Morgan fingerprint density at radius 2 is 1.61 bits per heavy atom. The number of hydrogen-bond acceptors (Lipinski definition) is 6. The van der Waals surface area contributed by atoms with Gasteiger partial charge in [-0.2, -0.15) is 0 Å². The van der Waals surface area contributed by atoms with Gasteiger partial charge in [-0.15, -0.1) is 0 Å². The van der Waals surface area contributed by atoms with Gasteiger partial charge in [-0.3, -0.25) is 9.59 Å². The summed E-state index contributed by atoms with van der Waals surface area (Å²) in [6, 6.07) is 7.05. The first-order chi connectivity index (χ1) is 13.7. The third-order valence-electron chi connectivity index (χ3n) is 5.29. The molecule has 3 heterocycles. The number of amides is 2. The van der Waals surface area contributed by atoms with Gasteiger partial charge in [0.2, 0.25) is 5.95 Å². The monoisotopic (exact) mass is 380 g/mol. The molecule has 1 N–H and O–H groups in total. The Balaban J connectivity index is 1.38. The lowest BCUT2D eigenvalue weighted by atomic mass is 10.2. The van der Waals surface area contributed by atoms with E-state index in [0.29, 0.717) is 43.5 Å². The van der Waals surface area contributed by atoms with Gasteiger partial charge < -0.3 is 15.1 Å². The van der Waals surface area contributed by atoms with Crippen LogP contribution in [0.5, 0.6) is 0 Å². The summed E-state index contributed by atoms with van der Waals surface area (Å²) in [4.78, 5) is 41.9. The molecule has 2 aliphatic rings. The largest absolute Gasteiger partial charge is 0.348 e. The molecule has 146 valence electrons. The third-order valence-corrected chi connectivity index (χ3v) is 5.29. The van der Waals surface area contributed by atoms with Crippen molar-refractivity contribution < 1.29 is 9.59 Å². The van der Waals surface area contributed by atoms with Gasteiger partial charge in [0, 0.05) is 44.6 Å². The maximum absolute atomic E-state index is 12.8. The van der Waals surface area contributed by atoms with Crippen molar-refractivity contribution >= 4 is 17.8 Å². The van der Waals surface area contributed by atoms with E-state index in [4.69, 9.17) is 0 Å². The second kappa shape index (κ2) is 8.33. The van der Waals surface area contributed by atoms with Gasteiger partial charge >= 0.3 is 0 Å². The molecule has 0 aromatic carbocycles. The van der Waals surface area contributed by atoms with E-state index in [1.54, 1.807) is 41.6 Å². The van der Waals surface area contributed by atoms with Gasteiger partial charge in [-0.25, -0.2) is 15.0 Å². The van der Waals surface area contributed by atoms with Crippen LogP contribution in [-0.4, -0.2) is 63.9 Å². The number of nitrogens with one attached hydrogen (secondary N) is 1. The molecule has 0 unspecified atom stereocenters. The summed E-state index contributed by atoms with van der Waals surface area (Å²) in [7, 11) is 0. The van der Waals surface area contributed by atoms with Crippen LogP contribution in [0, 0.1) is 0 Å². The molecule has 8 nitrogen and oxygen atoms in total. The number of pyridine rings is 1. The summed E-state index contributed by atoms with van der Waals surface area (Å²) >= 11 is 0. The number of rotatable bonds is 4. The Morgan fingerprint density at radius 1 is 0.929 bits per heavy atom. The third kappa shape index (κ3) is 4.11. The van der Waals surface area contributed by atoms with Crippen molar-refractivity contribution in [3.05, 3.63) is 48.0 Å². The number of hydrogen-bond donors (Lipinski definition) is 1. The lowest BCUT2D eigenvalue weighted by Gasteiger charge is -2.34. The molecule has 0 atom stereocenters. The number of carbonyl (C=O) groups excluding carboxylic acids is 2. The molecular formula is C20H24N6O2. The van der Waals surface area contributed by atoms with E-state index in [-0.39, 0.29) is 17.9 Å². The Hall–Kier alpha value is -3.03. The number of nitrogens with zero attached hydrogens (tertiary/aromatic N) is 5. The fraction of sp³-hybridized carbons (Fsp3) is 0.450. The highest BCUT2D eigenvalue weighted by Crippen LogP contribution is 2.18. The van der Waals surface area contributed by atoms with Crippen LogP contribution < -0.4 is 10.2 Å². The minimum atomic E-state index is -0.201. The van der Waals surface area contributed by atoms with Gasteiger partial charge in [0.25, 0.3) is 11.8 Å². The van der Waals surface area contributed by atoms with Crippen LogP contribution in [-0.2, 0) is 0 Å². The Morgan fingerprint density at radius 3 is 2.32 bits per heavy atom. The predicted octanol–water partition coefficient (Wildman–Crippen LogP) is 1.51. The highest BCUT2D eigenvalue weighted by molar-refractivity contribution is 5.96. The van der Waals surface area contributed by atoms with E-state index >= 15 is 0 Å². The molecule has 1 aliphatic heterocycles. The van der Waals surface area contributed by atoms with E-state index in [1.165, 1.54) is 0 Å². The van der Waals surface area contributed by atoms with Gasteiger partial charge in [-0.1, -0.05) is 18.9 Å². The molecule has 2 amide bonds. The highest BCUT2D eigenvalue weighted by atomic mass is 16.2. The number of aromatic nitrogens is 3. The molecule has 1 saturated heterocycles. The highest BCUT2D eigenvalue weighted by Gasteiger charge is 2.25. The SMILES string of the molecule is O=C(NC1CCCC1)c1cccc(C(=O)N2CCN(c3ncccn3)CC2)n1. The quantitative estimate of drug-likeness (QED) is 0.864. The van der Waals surface area contributed by atoms with Crippen molar-refractivity contribution in [3.63, 3.8) is 0 Å². The summed E-state index contributed by atoms with van der Waals surface area (Å²) in [6.45, 7) is 2.46. The van der Waals surface area contributed by atoms with Crippen molar-refractivity contribution in [2.75, 3.05) is 31.1 Å². The molecule has 2 aromatic heterocycles. The van der Waals surface area contributed by atoms with E-state index in [1.807, 2.05) is 0 Å². The lowest BCUT2D eigenvalue weighted by Crippen LogP contribution is -2.49. The molecule has 1 aliphatic carbocycles. The first kappa shape index (κ1) is 18.3. The summed E-state index contributed by atoms with van der Waals surface area (Å²) < 4.78 is 0. The molecule has 4 rings (SSSR count). The number of anilines is 1. The zero-order valence-corrected chi connectivity index (χ0v) is 15.8. The van der Waals surface area contributed by atoms with Crippen molar-refractivity contribution in [1.29, 1.82) is 0 Å². The number of carbonyl (C=O) groups is 2. The van der Waals surface area contributed by atoms with Crippen molar-refractivity contribution in [2.45, 2.75) is 31.7 Å². The topological polar surface area (TPSA) is 91.3 Å². The van der Waals surface area contributed by atoms with Crippen LogP contribution in [0.15, 0.2) is 36.7 Å². The van der Waals surface area contributed by atoms with Crippen LogP contribution in [0.2, 0.25) is 0 Å². The molecule has 0 radical (unpaired) electrons. The Bertz CT molecular complexity index is 830. The van der Waals surface area contributed by atoms with E-state index in [2.05, 4.69) is 25.2 Å². The maximum Gasteiger partial charge on any atom is 0.272 e. The summed E-state index contributed by atoms with van der Waals surface area (Å²) in [6.07, 6.45) is 7.76. The zero-order valence-electron chi connectivity index (χ0n) is 15.8. The average molecular weight is 380 g/mol. The van der Waals surface area contributed by atoms with Crippen molar-refractivity contribution in [1.82, 2.24) is 25.2 Å². The Labute approximate surface area is 164 Å². The van der Waals surface area contributed by atoms with Crippen molar-refractivity contribution in [2.24, 2.45) is 0 Å². The van der Waals surface area contributed by atoms with Gasteiger partial charge in [0.1, 0.15) is 11.4 Å². The van der Waals surface area contributed by atoms with E-state index < -0.39 is 0 Å². The molecule has 8 heteroatoms. The normalized spacial score (nSPS) is 17.6. The molecule has 1 saturated carbocycles. The lowest BCUT2D eigenvalue weighted by molar-refractivity contribution is 0.0740. The van der Waals surface area contributed by atoms with Gasteiger partial charge in [-0.05, 0) is 31.0 Å². The van der Waals surface area contributed by atoms with Crippen molar-refractivity contribution in [3.8, 4) is 0 Å². The second-order valence-electron chi connectivity index (χ2n) is 7.19. The van der Waals surface area contributed by atoms with E-state index in [0.717, 1.165) is 25.7 Å². The van der Waals surface area contributed by atoms with Gasteiger partial charge in [0.05, 0.1) is 0 Å². The molecule has 0 bridgehead atoms. The summed E-state index contributed by atoms with van der Waals surface area (Å²) in [5, 5.41) is 3.02. The van der Waals surface area contributed by atoms with Crippen LogP contribution in [0.25, 0.3) is 0 Å². The molecule has 28 heavy (non-hydrogen) atoms. The fourth-order valence-corrected chi connectivity index (χ4v) is 3.74. The molecule has 0 spiro atoms. The first-order valence-corrected chi connectivity index (χ1v) is 9.80. The van der Waals surface area contributed by atoms with Crippen LogP contribution in [0.3, 0.4) is 0 Å². The summed E-state index contributed by atoms with van der Waals surface area (Å²) in [5.74, 6) is 0.329. The average Bonchev–Trinajstić information content (AvgIpc) is 3.27. The minimum Gasteiger partial charge on any atom is -0.348 e. The summed E-state index contributed by atoms with van der Waals surface area (Å²) in [5.41, 5.74) is 0.609. The fourth-order valence-electron chi connectivity index (χ4n) is 3.74. The molecule has 2 aromatic rings. The minimum absolute atomic E-state index is 0.149. The number of piperazine rings is 1. The second-order valence-corrected chi connectivity index (χ2v) is 7.19. The van der Waals surface area contributed by atoms with E-state index in [9.17, 15) is 9.59 Å².